The molecule has 0 aromatic heterocycles. The van der Waals surface area contributed by atoms with Crippen molar-refractivity contribution in [1.29, 1.82) is 0 Å². The maximum Gasteiger partial charge on any atom is 0.193 e. The van der Waals surface area contributed by atoms with Gasteiger partial charge in [0, 0.05) is 11.1 Å². The fourth-order valence-corrected chi connectivity index (χ4v) is 1.88. The highest BCUT2D eigenvalue weighted by Crippen LogP contribution is 2.26. The molecule has 18 heavy (non-hydrogen) atoms. The molecule has 2 aromatic rings. The molecule has 1 N–H and O–H groups in total. The van der Waals surface area contributed by atoms with Crippen LogP contribution in [0.25, 0.3) is 0 Å². The molecule has 0 aliphatic heterocycles. The molecular weight excluding hydrogens is 252 g/mol. The summed E-state index contributed by atoms with van der Waals surface area (Å²) in [4.78, 5) is 12.1. The number of halogens is 1. The fourth-order valence-electron chi connectivity index (χ4n) is 1.62. The van der Waals surface area contributed by atoms with E-state index in [2.05, 4.69) is 0 Å². The van der Waals surface area contributed by atoms with Crippen molar-refractivity contribution in [2.45, 2.75) is 0 Å². The van der Waals surface area contributed by atoms with Gasteiger partial charge in [0.1, 0.15) is 11.5 Å². The number of hydrogen-bond acceptors (Lipinski definition) is 3. The summed E-state index contributed by atoms with van der Waals surface area (Å²) in [7, 11) is 1.51. The van der Waals surface area contributed by atoms with Crippen LogP contribution in [0.3, 0.4) is 0 Å². The molecule has 0 saturated carbocycles. The van der Waals surface area contributed by atoms with Crippen molar-refractivity contribution >= 4 is 17.4 Å². The van der Waals surface area contributed by atoms with E-state index in [9.17, 15) is 9.90 Å². The number of aromatic hydroxyl groups is 1. The van der Waals surface area contributed by atoms with Crippen LogP contribution in [0, 0.1) is 0 Å². The molecule has 0 atom stereocenters. The molecule has 0 fully saturated rings. The molecule has 92 valence electrons. The summed E-state index contributed by atoms with van der Waals surface area (Å²) < 4.78 is 5.02. The van der Waals surface area contributed by atoms with Gasteiger partial charge in [-0.2, -0.15) is 0 Å². The van der Waals surface area contributed by atoms with E-state index in [1.165, 1.54) is 19.2 Å². The van der Waals surface area contributed by atoms with Gasteiger partial charge in [-0.15, -0.1) is 0 Å². The molecule has 0 aliphatic rings. The van der Waals surface area contributed by atoms with Gasteiger partial charge in [-0.1, -0.05) is 23.7 Å². The Labute approximate surface area is 110 Å². The van der Waals surface area contributed by atoms with Crippen molar-refractivity contribution < 1.29 is 14.6 Å². The van der Waals surface area contributed by atoms with Crippen LogP contribution in [-0.2, 0) is 0 Å². The minimum Gasteiger partial charge on any atom is -0.508 e. The number of phenolic OH excluding ortho intramolecular Hbond substituents is 1. The summed E-state index contributed by atoms with van der Waals surface area (Å²) in [5.74, 6) is 0.375. The van der Waals surface area contributed by atoms with Gasteiger partial charge >= 0.3 is 0 Å². The number of carbonyl (C=O) groups is 1. The lowest BCUT2D eigenvalue weighted by Crippen LogP contribution is -2.01. The molecule has 0 spiro atoms. The zero-order chi connectivity index (χ0) is 13.1. The number of methoxy groups -OCH3 is 1. The molecule has 0 unspecified atom stereocenters. The maximum absolute atomic E-state index is 12.1. The van der Waals surface area contributed by atoms with Crippen molar-refractivity contribution in [3.05, 3.63) is 58.6 Å². The number of benzene rings is 2. The van der Waals surface area contributed by atoms with Crippen molar-refractivity contribution in [3.8, 4) is 11.5 Å². The van der Waals surface area contributed by atoms with Gasteiger partial charge in [0.25, 0.3) is 0 Å². The standard InChI is InChI=1S/C14H11ClO3/c1-18-13-6-5-10(8-12(13)15)14(17)9-3-2-4-11(16)7-9/h2-8,16H,1H3. The van der Waals surface area contributed by atoms with E-state index in [0.29, 0.717) is 21.9 Å². The minimum atomic E-state index is -0.199. The zero-order valence-electron chi connectivity index (χ0n) is 9.68. The first-order valence-corrected chi connectivity index (χ1v) is 5.67. The monoisotopic (exact) mass is 262 g/mol. The molecule has 0 aliphatic carbocycles. The topological polar surface area (TPSA) is 46.5 Å². The van der Waals surface area contributed by atoms with Gasteiger partial charge in [-0.25, -0.2) is 0 Å². The third kappa shape index (κ3) is 2.46. The van der Waals surface area contributed by atoms with Crippen molar-refractivity contribution in [2.24, 2.45) is 0 Å². The van der Waals surface area contributed by atoms with E-state index >= 15 is 0 Å². The van der Waals surface area contributed by atoms with E-state index in [0.717, 1.165) is 0 Å². The fraction of sp³-hybridized carbons (Fsp3) is 0.0714. The number of hydrogen-bond donors (Lipinski definition) is 1. The minimum absolute atomic E-state index is 0.0560. The maximum atomic E-state index is 12.1. The molecule has 0 radical (unpaired) electrons. The molecule has 0 bridgehead atoms. The molecule has 0 saturated heterocycles. The molecule has 0 heterocycles. The molecule has 4 heteroatoms. The summed E-state index contributed by atoms with van der Waals surface area (Å²) in [6.45, 7) is 0. The molecule has 2 rings (SSSR count). The average Bonchev–Trinajstić information content (AvgIpc) is 2.37. The Kier molecular flexibility index (Phi) is 3.53. The van der Waals surface area contributed by atoms with Crippen LogP contribution >= 0.6 is 11.6 Å². The zero-order valence-corrected chi connectivity index (χ0v) is 10.4. The predicted octanol–water partition coefficient (Wildman–Crippen LogP) is 3.29. The van der Waals surface area contributed by atoms with Gasteiger partial charge in [0.05, 0.1) is 12.1 Å². The molecule has 3 nitrogen and oxygen atoms in total. The van der Waals surface area contributed by atoms with Gasteiger partial charge in [0.2, 0.25) is 0 Å². The largest absolute Gasteiger partial charge is 0.508 e. The Morgan fingerprint density at radius 2 is 1.89 bits per heavy atom. The Bertz CT molecular complexity index is 593. The summed E-state index contributed by atoms with van der Waals surface area (Å²) >= 11 is 5.97. The van der Waals surface area contributed by atoms with E-state index in [-0.39, 0.29) is 11.5 Å². The van der Waals surface area contributed by atoms with Crippen LogP contribution in [0.1, 0.15) is 15.9 Å². The summed E-state index contributed by atoms with van der Waals surface area (Å²) in [6, 6.07) is 11.0. The molecule has 0 amide bonds. The second-order valence-electron chi connectivity index (χ2n) is 3.73. The van der Waals surface area contributed by atoms with Crippen molar-refractivity contribution in [1.82, 2.24) is 0 Å². The average molecular weight is 263 g/mol. The van der Waals surface area contributed by atoms with Gasteiger partial charge < -0.3 is 9.84 Å². The van der Waals surface area contributed by atoms with Crippen LogP contribution in [0.5, 0.6) is 11.5 Å². The lowest BCUT2D eigenvalue weighted by molar-refractivity contribution is 0.103. The normalized spacial score (nSPS) is 10.1. The Balaban J connectivity index is 2.37. The SMILES string of the molecule is COc1ccc(C(=O)c2cccc(O)c2)cc1Cl. The lowest BCUT2D eigenvalue weighted by atomic mass is 10.0. The van der Waals surface area contributed by atoms with Gasteiger partial charge in [-0.3, -0.25) is 4.79 Å². The third-order valence-corrected chi connectivity index (χ3v) is 2.82. The lowest BCUT2D eigenvalue weighted by Gasteiger charge is -2.06. The first kappa shape index (κ1) is 12.5. The molecule has 2 aromatic carbocycles. The summed E-state index contributed by atoms with van der Waals surface area (Å²) in [6.07, 6.45) is 0. The van der Waals surface area contributed by atoms with E-state index in [4.69, 9.17) is 16.3 Å². The Hall–Kier alpha value is -2.00. The van der Waals surface area contributed by atoms with Crippen LogP contribution in [0.2, 0.25) is 5.02 Å². The van der Waals surface area contributed by atoms with Gasteiger partial charge in [-0.05, 0) is 30.3 Å². The second kappa shape index (κ2) is 5.10. The number of ketones is 1. The number of rotatable bonds is 3. The third-order valence-electron chi connectivity index (χ3n) is 2.52. The highest BCUT2D eigenvalue weighted by Gasteiger charge is 2.11. The van der Waals surface area contributed by atoms with Crippen LogP contribution < -0.4 is 4.74 Å². The van der Waals surface area contributed by atoms with E-state index < -0.39 is 0 Å². The quantitative estimate of drug-likeness (QED) is 0.864. The number of ether oxygens (including phenoxy) is 1. The van der Waals surface area contributed by atoms with Gasteiger partial charge in [0.15, 0.2) is 5.78 Å². The first-order valence-electron chi connectivity index (χ1n) is 5.29. The van der Waals surface area contributed by atoms with Crippen molar-refractivity contribution in [2.75, 3.05) is 7.11 Å². The van der Waals surface area contributed by atoms with E-state index in [1.807, 2.05) is 0 Å². The first-order chi connectivity index (χ1) is 8.61. The van der Waals surface area contributed by atoms with Crippen LogP contribution in [0.4, 0.5) is 0 Å². The van der Waals surface area contributed by atoms with Crippen LogP contribution in [0.15, 0.2) is 42.5 Å². The smallest absolute Gasteiger partial charge is 0.193 e. The number of carbonyl (C=O) groups excluding carboxylic acids is 1. The highest BCUT2D eigenvalue weighted by molar-refractivity contribution is 6.32. The Morgan fingerprint density at radius 3 is 2.50 bits per heavy atom. The summed E-state index contributed by atoms with van der Waals surface area (Å²) in [5, 5.41) is 9.73. The molecular formula is C14H11ClO3. The summed E-state index contributed by atoms with van der Waals surface area (Å²) in [5.41, 5.74) is 0.864. The second-order valence-corrected chi connectivity index (χ2v) is 4.14. The number of phenols is 1. The Morgan fingerprint density at radius 1 is 1.17 bits per heavy atom. The van der Waals surface area contributed by atoms with Crippen molar-refractivity contribution in [3.63, 3.8) is 0 Å². The van der Waals surface area contributed by atoms with E-state index in [1.54, 1.807) is 30.3 Å². The predicted molar refractivity (Wildman–Crippen MR) is 69.5 cm³/mol. The van der Waals surface area contributed by atoms with Crippen LogP contribution in [-0.4, -0.2) is 18.0 Å². The highest BCUT2D eigenvalue weighted by atomic mass is 35.5.